The summed E-state index contributed by atoms with van der Waals surface area (Å²) in [6, 6.07) is 19.2. The molecule has 0 unspecified atom stereocenters. The highest BCUT2D eigenvalue weighted by molar-refractivity contribution is 7.91. The second-order valence-electron chi connectivity index (χ2n) is 8.90. The van der Waals surface area contributed by atoms with Crippen molar-refractivity contribution < 1.29 is 18.0 Å². The Labute approximate surface area is 200 Å². The number of hydrogen-bond donors (Lipinski definition) is 2. The Morgan fingerprint density at radius 3 is 2.09 bits per heavy atom. The summed E-state index contributed by atoms with van der Waals surface area (Å²) in [6.07, 6.45) is 2.10. The van der Waals surface area contributed by atoms with E-state index < -0.39 is 9.84 Å². The molecule has 0 spiro atoms. The topological polar surface area (TPSA) is 92.3 Å². The van der Waals surface area contributed by atoms with Gasteiger partial charge in [0.05, 0.1) is 17.1 Å². The van der Waals surface area contributed by atoms with Crippen LogP contribution in [0.2, 0.25) is 0 Å². The maximum Gasteiger partial charge on any atom is 0.255 e. The molecule has 0 saturated heterocycles. The second-order valence-corrected chi connectivity index (χ2v) is 10.9. The third-order valence-electron chi connectivity index (χ3n) is 5.89. The molecule has 0 heterocycles. The molecule has 4 rings (SSSR count). The van der Waals surface area contributed by atoms with Gasteiger partial charge in [-0.2, -0.15) is 0 Å². The zero-order valence-corrected chi connectivity index (χ0v) is 20.1. The van der Waals surface area contributed by atoms with Crippen LogP contribution >= 0.6 is 0 Å². The molecule has 176 valence electrons. The van der Waals surface area contributed by atoms with Crippen LogP contribution in [0.1, 0.15) is 39.9 Å². The van der Waals surface area contributed by atoms with Crippen LogP contribution in [0.25, 0.3) is 0 Å². The Hall–Kier alpha value is -3.45. The summed E-state index contributed by atoms with van der Waals surface area (Å²) in [5.74, 6) is 0.105. The van der Waals surface area contributed by atoms with Gasteiger partial charge in [0, 0.05) is 16.9 Å². The van der Waals surface area contributed by atoms with Gasteiger partial charge in [-0.3, -0.25) is 9.59 Å². The molecule has 1 aliphatic carbocycles. The van der Waals surface area contributed by atoms with Gasteiger partial charge < -0.3 is 10.6 Å². The van der Waals surface area contributed by atoms with E-state index in [9.17, 15) is 18.0 Å². The van der Waals surface area contributed by atoms with Crippen molar-refractivity contribution in [2.45, 2.75) is 38.0 Å². The Kier molecular flexibility index (Phi) is 6.84. The quantitative estimate of drug-likeness (QED) is 0.483. The molecule has 1 aliphatic rings. The number of hydrogen-bond acceptors (Lipinski definition) is 4. The number of carbonyl (C=O) groups is 2. The first-order valence-corrected chi connectivity index (χ1v) is 13.0. The SMILES string of the molecule is Cc1cc(NC(=O)Cc2ccc(S(=O)(=O)CC3CC3)cc2)cc(C)c1NC(=O)c1ccccc1. The zero-order valence-electron chi connectivity index (χ0n) is 19.3. The van der Waals surface area contributed by atoms with E-state index >= 15 is 0 Å². The average molecular weight is 477 g/mol. The van der Waals surface area contributed by atoms with Crippen LogP contribution in [-0.2, 0) is 21.1 Å². The fourth-order valence-electron chi connectivity index (χ4n) is 3.90. The maximum absolute atomic E-state index is 12.6. The normalized spacial score (nSPS) is 13.4. The fourth-order valence-corrected chi connectivity index (χ4v) is 5.60. The first-order chi connectivity index (χ1) is 16.2. The van der Waals surface area contributed by atoms with Gasteiger partial charge in [-0.15, -0.1) is 0 Å². The highest BCUT2D eigenvalue weighted by Crippen LogP contribution is 2.32. The van der Waals surface area contributed by atoms with Crippen molar-refractivity contribution in [1.82, 2.24) is 0 Å². The lowest BCUT2D eigenvalue weighted by Gasteiger charge is -2.15. The number of rotatable bonds is 8. The van der Waals surface area contributed by atoms with Crippen molar-refractivity contribution in [1.29, 1.82) is 0 Å². The standard InChI is InChI=1S/C27H28N2O4S/c1-18-14-23(15-19(2)26(18)29-27(31)22-6-4-3-5-7-22)28-25(30)16-20-10-12-24(13-11-20)34(32,33)17-21-8-9-21/h3-7,10-15,21H,8-9,16-17H2,1-2H3,(H,28,30)(H,29,31). The Morgan fingerprint density at radius 2 is 1.50 bits per heavy atom. The van der Waals surface area contributed by atoms with Crippen LogP contribution in [0.5, 0.6) is 0 Å². The fraction of sp³-hybridized carbons (Fsp3) is 0.259. The molecular formula is C27H28N2O4S. The molecule has 6 nitrogen and oxygen atoms in total. The van der Waals surface area contributed by atoms with Crippen molar-refractivity contribution in [2.75, 3.05) is 16.4 Å². The lowest BCUT2D eigenvalue weighted by Crippen LogP contribution is -2.16. The van der Waals surface area contributed by atoms with E-state index in [4.69, 9.17) is 0 Å². The smallest absolute Gasteiger partial charge is 0.255 e. The van der Waals surface area contributed by atoms with Gasteiger partial charge in [0.25, 0.3) is 5.91 Å². The first kappa shape index (κ1) is 23.7. The summed E-state index contributed by atoms with van der Waals surface area (Å²) >= 11 is 0. The number of amides is 2. The Balaban J connectivity index is 1.38. The van der Waals surface area contributed by atoms with Gasteiger partial charge in [0.2, 0.25) is 5.91 Å². The molecule has 0 atom stereocenters. The van der Waals surface area contributed by atoms with Crippen molar-refractivity contribution in [3.8, 4) is 0 Å². The third-order valence-corrected chi connectivity index (χ3v) is 7.79. The van der Waals surface area contributed by atoms with E-state index in [2.05, 4.69) is 10.6 Å². The molecule has 1 saturated carbocycles. The molecule has 3 aromatic rings. The summed E-state index contributed by atoms with van der Waals surface area (Å²) in [4.78, 5) is 25.4. The molecular weight excluding hydrogens is 448 g/mol. The summed E-state index contributed by atoms with van der Waals surface area (Å²) in [7, 11) is -3.26. The van der Waals surface area contributed by atoms with Gasteiger partial charge in [0.15, 0.2) is 9.84 Å². The average Bonchev–Trinajstić information content (AvgIpc) is 3.60. The van der Waals surface area contributed by atoms with E-state index in [0.717, 1.165) is 35.2 Å². The first-order valence-electron chi connectivity index (χ1n) is 11.3. The van der Waals surface area contributed by atoms with Gasteiger partial charge in [-0.1, -0.05) is 30.3 Å². The predicted octanol–water partition coefficient (Wildman–Crippen LogP) is 4.92. The van der Waals surface area contributed by atoms with Gasteiger partial charge in [-0.25, -0.2) is 8.42 Å². The summed E-state index contributed by atoms with van der Waals surface area (Å²) in [5, 5.41) is 5.84. The number of anilines is 2. The minimum Gasteiger partial charge on any atom is -0.326 e. The van der Waals surface area contributed by atoms with E-state index in [0.29, 0.717) is 22.1 Å². The molecule has 34 heavy (non-hydrogen) atoms. The molecule has 0 bridgehead atoms. The van der Waals surface area contributed by atoms with Crippen molar-refractivity contribution in [2.24, 2.45) is 5.92 Å². The second kappa shape index (κ2) is 9.81. The van der Waals surface area contributed by atoms with Crippen LogP contribution in [0, 0.1) is 19.8 Å². The maximum atomic E-state index is 12.6. The van der Waals surface area contributed by atoms with Gasteiger partial charge >= 0.3 is 0 Å². The number of sulfone groups is 1. The van der Waals surface area contributed by atoms with Crippen LogP contribution in [0.15, 0.2) is 71.6 Å². The highest BCUT2D eigenvalue weighted by Gasteiger charge is 2.29. The number of aryl methyl sites for hydroxylation is 2. The van der Waals surface area contributed by atoms with Gasteiger partial charge in [0.1, 0.15) is 0 Å². The predicted molar refractivity (Wildman–Crippen MR) is 134 cm³/mol. The summed E-state index contributed by atoms with van der Waals surface area (Å²) in [5.41, 5.74) is 4.35. The van der Waals surface area contributed by atoms with Crippen molar-refractivity contribution in [3.63, 3.8) is 0 Å². The minimum atomic E-state index is -3.26. The molecule has 2 amide bonds. The molecule has 2 N–H and O–H groups in total. The Morgan fingerprint density at radius 1 is 0.882 bits per heavy atom. The molecule has 0 radical (unpaired) electrons. The lowest BCUT2D eigenvalue weighted by atomic mass is 10.1. The molecule has 1 fully saturated rings. The lowest BCUT2D eigenvalue weighted by molar-refractivity contribution is -0.115. The van der Waals surface area contributed by atoms with Crippen LogP contribution in [0.3, 0.4) is 0 Å². The monoisotopic (exact) mass is 476 g/mol. The number of nitrogens with one attached hydrogen (secondary N) is 2. The Bertz CT molecular complexity index is 1290. The van der Waals surface area contributed by atoms with Gasteiger partial charge in [-0.05, 0) is 85.7 Å². The van der Waals surface area contributed by atoms with Crippen LogP contribution in [0.4, 0.5) is 11.4 Å². The summed E-state index contributed by atoms with van der Waals surface area (Å²) in [6.45, 7) is 3.76. The molecule has 0 aliphatic heterocycles. The zero-order chi connectivity index (χ0) is 24.3. The highest BCUT2D eigenvalue weighted by atomic mass is 32.2. The molecule has 3 aromatic carbocycles. The van der Waals surface area contributed by atoms with E-state index in [1.165, 1.54) is 0 Å². The van der Waals surface area contributed by atoms with Crippen LogP contribution in [-0.4, -0.2) is 26.0 Å². The van der Waals surface area contributed by atoms with Crippen molar-refractivity contribution in [3.05, 3.63) is 89.0 Å². The summed E-state index contributed by atoms with van der Waals surface area (Å²) < 4.78 is 24.8. The third kappa shape index (κ3) is 5.91. The van der Waals surface area contributed by atoms with Crippen molar-refractivity contribution >= 4 is 33.0 Å². The number of carbonyl (C=O) groups excluding carboxylic acids is 2. The van der Waals surface area contributed by atoms with Crippen LogP contribution < -0.4 is 10.6 Å². The van der Waals surface area contributed by atoms with E-state index in [1.807, 2.05) is 44.2 Å². The molecule has 0 aromatic heterocycles. The number of benzene rings is 3. The largest absolute Gasteiger partial charge is 0.326 e. The van der Waals surface area contributed by atoms with E-state index in [-0.39, 0.29) is 24.0 Å². The van der Waals surface area contributed by atoms with E-state index in [1.54, 1.807) is 36.4 Å². The molecule has 7 heteroatoms. The minimum absolute atomic E-state index is 0.132.